The number of piperidine rings is 1. The molecule has 2 aromatic rings. The molecule has 0 atom stereocenters. The van der Waals surface area contributed by atoms with E-state index in [4.69, 9.17) is 4.98 Å². The lowest BCUT2D eigenvalue weighted by Crippen LogP contribution is -2.35. The Labute approximate surface area is 155 Å². The summed E-state index contributed by atoms with van der Waals surface area (Å²) in [5.74, 6) is 4.37. The quantitative estimate of drug-likeness (QED) is 0.801. The molecule has 8 heteroatoms. The average molecular weight is 358 g/mol. The third-order valence-electron chi connectivity index (χ3n) is 4.96. The zero-order valence-electron chi connectivity index (χ0n) is 16.8. The van der Waals surface area contributed by atoms with Gasteiger partial charge in [0.2, 0.25) is 5.95 Å². The summed E-state index contributed by atoms with van der Waals surface area (Å²) in [7, 11) is 10.2. The van der Waals surface area contributed by atoms with Gasteiger partial charge >= 0.3 is 0 Å². The third kappa shape index (κ3) is 3.80. The first-order valence-corrected chi connectivity index (χ1v) is 9.15. The summed E-state index contributed by atoms with van der Waals surface area (Å²) < 4.78 is 2.16. The number of rotatable bonds is 5. The molecule has 0 N–H and O–H groups in total. The highest BCUT2D eigenvalue weighted by atomic mass is 15.3. The molecule has 0 bridgehead atoms. The van der Waals surface area contributed by atoms with Gasteiger partial charge in [-0.2, -0.15) is 4.98 Å². The van der Waals surface area contributed by atoms with Crippen molar-refractivity contribution in [2.24, 2.45) is 7.05 Å². The first-order chi connectivity index (χ1) is 12.4. The van der Waals surface area contributed by atoms with Crippen molar-refractivity contribution in [2.75, 3.05) is 51.1 Å². The minimum atomic E-state index is 0.443. The normalized spacial score (nSPS) is 15.7. The first kappa shape index (κ1) is 18.6. The smallest absolute Gasteiger partial charge is 0.227 e. The van der Waals surface area contributed by atoms with Crippen molar-refractivity contribution < 1.29 is 0 Å². The van der Waals surface area contributed by atoms with Gasteiger partial charge < -0.3 is 19.3 Å². The molecule has 1 saturated heterocycles. The van der Waals surface area contributed by atoms with Gasteiger partial charge in [-0.05, 0) is 33.9 Å². The number of nitrogens with zero attached hydrogens (tertiary/aromatic N) is 8. The summed E-state index contributed by atoms with van der Waals surface area (Å²) in [6.07, 6.45) is 4.00. The Morgan fingerprint density at radius 2 is 1.81 bits per heavy atom. The Morgan fingerprint density at radius 1 is 1.12 bits per heavy atom. The maximum atomic E-state index is 4.75. The van der Waals surface area contributed by atoms with E-state index in [1.54, 1.807) is 0 Å². The minimum absolute atomic E-state index is 0.443. The molecule has 1 fully saturated rings. The van der Waals surface area contributed by atoms with E-state index in [9.17, 15) is 0 Å². The summed E-state index contributed by atoms with van der Waals surface area (Å²) in [6.45, 7) is 4.74. The molecule has 142 valence electrons. The molecule has 0 amide bonds. The number of anilines is 2. The number of hydrogen-bond donors (Lipinski definition) is 0. The van der Waals surface area contributed by atoms with Crippen LogP contribution in [0.3, 0.4) is 0 Å². The fourth-order valence-electron chi connectivity index (χ4n) is 3.52. The molecular weight excluding hydrogens is 328 g/mol. The summed E-state index contributed by atoms with van der Waals surface area (Å²) in [5, 5.41) is 8.85. The van der Waals surface area contributed by atoms with Crippen molar-refractivity contribution >= 4 is 11.8 Å². The largest absolute Gasteiger partial charge is 0.362 e. The lowest BCUT2D eigenvalue weighted by Gasteiger charge is -2.32. The van der Waals surface area contributed by atoms with Crippen LogP contribution in [0.25, 0.3) is 0 Å². The van der Waals surface area contributed by atoms with Crippen LogP contribution in [0, 0.1) is 6.92 Å². The van der Waals surface area contributed by atoms with Gasteiger partial charge in [-0.1, -0.05) is 0 Å². The van der Waals surface area contributed by atoms with Crippen LogP contribution < -0.4 is 9.80 Å². The highest BCUT2D eigenvalue weighted by Gasteiger charge is 2.26. The third-order valence-corrected chi connectivity index (χ3v) is 4.96. The molecule has 0 aromatic carbocycles. The highest BCUT2D eigenvalue weighted by molar-refractivity contribution is 5.48. The van der Waals surface area contributed by atoms with Crippen molar-refractivity contribution in [1.82, 2.24) is 29.6 Å². The molecule has 8 nitrogen and oxygen atoms in total. The van der Waals surface area contributed by atoms with E-state index < -0.39 is 0 Å². The molecule has 1 aliphatic rings. The van der Waals surface area contributed by atoms with Crippen LogP contribution in [0.1, 0.15) is 36.0 Å². The Balaban J connectivity index is 1.68. The number of hydrogen-bond acceptors (Lipinski definition) is 7. The molecule has 26 heavy (non-hydrogen) atoms. The van der Waals surface area contributed by atoms with Gasteiger partial charge in [0.1, 0.15) is 17.5 Å². The van der Waals surface area contributed by atoms with Gasteiger partial charge in [0.05, 0.1) is 6.54 Å². The Kier molecular flexibility index (Phi) is 5.41. The lowest BCUT2D eigenvalue weighted by molar-refractivity contribution is 0.381. The van der Waals surface area contributed by atoms with E-state index in [0.717, 1.165) is 61.5 Å². The molecule has 3 rings (SSSR count). The van der Waals surface area contributed by atoms with Crippen LogP contribution in [0.2, 0.25) is 0 Å². The monoisotopic (exact) mass is 358 g/mol. The Hall–Kier alpha value is -2.22. The average Bonchev–Trinajstić information content (AvgIpc) is 2.95. The van der Waals surface area contributed by atoms with E-state index in [-0.39, 0.29) is 0 Å². The molecule has 3 heterocycles. The van der Waals surface area contributed by atoms with Crippen molar-refractivity contribution in [3.8, 4) is 0 Å². The van der Waals surface area contributed by atoms with Crippen LogP contribution in [0.4, 0.5) is 11.8 Å². The van der Waals surface area contributed by atoms with E-state index in [1.807, 2.05) is 32.1 Å². The maximum Gasteiger partial charge on any atom is 0.227 e. The molecule has 0 saturated carbocycles. The minimum Gasteiger partial charge on any atom is -0.362 e. The fourth-order valence-corrected chi connectivity index (χ4v) is 3.52. The molecule has 0 spiro atoms. The van der Waals surface area contributed by atoms with Crippen LogP contribution in [0.15, 0.2) is 6.20 Å². The van der Waals surface area contributed by atoms with Crippen LogP contribution in [0.5, 0.6) is 0 Å². The number of aryl methyl sites for hydroxylation is 1. The Bertz CT molecular complexity index is 744. The topological polar surface area (TPSA) is 66.2 Å². The van der Waals surface area contributed by atoms with Crippen molar-refractivity contribution in [1.29, 1.82) is 0 Å². The van der Waals surface area contributed by atoms with Gasteiger partial charge in [0.25, 0.3) is 0 Å². The first-order valence-electron chi connectivity index (χ1n) is 9.15. The van der Waals surface area contributed by atoms with Gasteiger partial charge in [0, 0.05) is 51.9 Å². The SMILES string of the molecule is Cc1cnc(N2CCC(c3nnc(CN(C)C)n3C)CC2)nc1N(C)C. The standard InChI is InChI=1S/C18H30N8/c1-13-11-19-18(20-16(13)24(4)5)26-9-7-14(8-10-26)17-22-21-15(25(17)6)12-23(2)3/h11,14H,7-10,12H2,1-6H3. The van der Waals surface area contributed by atoms with Gasteiger partial charge in [-0.15, -0.1) is 10.2 Å². The van der Waals surface area contributed by atoms with Crippen molar-refractivity contribution in [3.05, 3.63) is 23.4 Å². The molecular formula is C18H30N8. The molecule has 0 unspecified atom stereocenters. The second-order valence-corrected chi connectivity index (χ2v) is 7.60. The van der Waals surface area contributed by atoms with E-state index in [2.05, 4.69) is 50.7 Å². The predicted octanol–water partition coefficient (Wildman–Crippen LogP) is 1.43. The fraction of sp³-hybridized carbons (Fsp3) is 0.667. The summed E-state index contributed by atoms with van der Waals surface area (Å²) >= 11 is 0. The molecule has 0 radical (unpaired) electrons. The van der Waals surface area contributed by atoms with E-state index in [0.29, 0.717) is 5.92 Å². The van der Waals surface area contributed by atoms with Crippen LogP contribution >= 0.6 is 0 Å². The Morgan fingerprint density at radius 3 is 2.42 bits per heavy atom. The van der Waals surface area contributed by atoms with Gasteiger partial charge in [-0.3, -0.25) is 0 Å². The second-order valence-electron chi connectivity index (χ2n) is 7.60. The van der Waals surface area contributed by atoms with E-state index in [1.165, 1.54) is 0 Å². The zero-order chi connectivity index (χ0) is 18.8. The molecule has 1 aliphatic heterocycles. The highest BCUT2D eigenvalue weighted by Crippen LogP contribution is 2.29. The van der Waals surface area contributed by atoms with Crippen molar-refractivity contribution in [3.63, 3.8) is 0 Å². The summed E-state index contributed by atoms with van der Waals surface area (Å²) in [4.78, 5) is 15.7. The predicted molar refractivity (Wildman–Crippen MR) is 104 cm³/mol. The van der Waals surface area contributed by atoms with Crippen LogP contribution in [-0.4, -0.2) is 70.9 Å². The van der Waals surface area contributed by atoms with Crippen molar-refractivity contribution in [2.45, 2.75) is 32.2 Å². The summed E-state index contributed by atoms with van der Waals surface area (Å²) in [5.41, 5.74) is 1.10. The van der Waals surface area contributed by atoms with Gasteiger partial charge in [0.15, 0.2) is 0 Å². The summed E-state index contributed by atoms with van der Waals surface area (Å²) in [6, 6.07) is 0. The maximum absolute atomic E-state index is 4.75. The molecule has 0 aliphatic carbocycles. The lowest BCUT2D eigenvalue weighted by atomic mass is 9.96. The van der Waals surface area contributed by atoms with Gasteiger partial charge in [-0.25, -0.2) is 4.98 Å². The molecule has 2 aromatic heterocycles. The second kappa shape index (κ2) is 7.57. The number of aromatic nitrogens is 5. The van der Waals surface area contributed by atoms with E-state index >= 15 is 0 Å². The van der Waals surface area contributed by atoms with Crippen LogP contribution in [-0.2, 0) is 13.6 Å². The zero-order valence-corrected chi connectivity index (χ0v) is 16.8.